The van der Waals surface area contributed by atoms with Crippen molar-refractivity contribution in [3.05, 3.63) is 29.3 Å². The predicted octanol–water partition coefficient (Wildman–Crippen LogP) is 2.03. The maximum absolute atomic E-state index is 12.6. The highest BCUT2D eigenvalue weighted by Gasteiger charge is 2.17. The number of aryl methyl sites for hydroxylation is 2. The lowest BCUT2D eigenvalue weighted by Crippen LogP contribution is -2.38. The first kappa shape index (κ1) is 21.0. The van der Waals surface area contributed by atoms with Crippen molar-refractivity contribution in [2.75, 3.05) is 47.4 Å². The Hall–Kier alpha value is -2.08. The van der Waals surface area contributed by atoms with Crippen LogP contribution in [0.4, 0.5) is 0 Å². The number of hydrogen-bond donors (Lipinski definition) is 0. The third-order valence-corrected chi connectivity index (χ3v) is 3.95. The van der Waals surface area contributed by atoms with Crippen LogP contribution in [0.1, 0.15) is 24.0 Å². The number of esters is 1. The molecule has 1 aromatic rings. The summed E-state index contributed by atoms with van der Waals surface area (Å²) in [4.78, 5) is 27.7. The number of para-hydroxylation sites is 1. The van der Waals surface area contributed by atoms with Gasteiger partial charge in [0.25, 0.3) is 5.91 Å². The van der Waals surface area contributed by atoms with Crippen LogP contribution in [0.3, 0.4) is 0 Å². The number of carbonyl (C=O) groups excluding carboxylic acids is 2. The smallest absolute Gasteiger partial charge is 0.307 e. The fourth-order valence-electron chi connectivity index (χ4n) is 2.52. The lowest BCUT2D eigenvalue weighted by Gasteiger charge is -2.23. The fraction of sp³-hybridized carbons (Fsp3) is 0.579. The highest BCUT2D eigenvalue weighted by Crippen LogP contribution is 2.22. The number of nitrogens with zero attached hydrogens (tertiary/aromatic N) is 2. The second kappa shape index (κ2) is 10.7. The van der Waals surface area contributed by atoms with Crippen LogP contribution in [0.25, 0.3) is 0 Å². The van der Waals surface area contributed by atoms with Crippen LogP contribution in [0.15, 0.2) is 18.2 Å². The molecule has 0 aliphatic rings. The number of hydrogen-bond acceptors (Lipinski definition) is 5. The van der Waals surface area contributed by atoms with Crippen molar-refractivity contribution in [3.8, 4) is 5.75 Å². The third kappa shape index (κ3) is 7.56. The quantitative estimate of drug-likeness (QED) is 0.604. The van der Waals surface area contributed by atoms with Crippen molar-refractivity contribution >= 4 is 11.9 Å². The van der Waals surface area contributed by atoms with E-state index in [9.17, 15) is 9.59 Å². The molecule has 0 saturated heterocycles. The highest BCUT2D eigenvalue weighted by molar-refractivity contribution is 5.78. The van der Waals surface area contributed by atoms with Gasteiger partial charge in [0.2, 0.25) is 0 Å². The number of carbonyl (C=O) groups is 2. The molecule has 0 spiro atoms. The zero-order valence-corrected chi connectivity index (χ0v) is 16.0. The van der Waals surface area contributed by atoms with Gasteiger partial charge in [0, 0.05) is 13.1 Å². The second-order valence-corrected chi connectivity index (χ2v) is 6.37. The van der Waals surface area contributed by atoms with Gasteiger partial charge in [0.05, 0.1) is 13.5 Å². The van der Waals surface area contributed by atoms with Gasteiger partial charge in [-0.05, 0) is 52.0 Å². The van der Waals surface area contributed by atoms with Gasteiger partial charge < -0.3 is 19.3 Å². The van der Waals surface area contributed by atoms with E-state index in [0.29, 0.717) is 13.1 Å². The van der Waals surface area contributed by atoms with Crippen LogP contribution >= 0.6 is 0 Å². The summed E-state index contributed by atoms with van der Waals surface area (Å²) in [6, 6.07) is 5.88. The molecule has 0 aliphatic carbocycles. The maximum atomic E-state index is 12.6. The molecule has 0 radical (unpaired) electrons. The Labute approximate surface area is 150 Å². The van der Waals surface area contributed by atoms with E-state index < -0.39 is 0 Å². The minimum Gasteiger partial charge on any atom is -0.483 e. The molecule has 0 aromatic heterocycles. The number of benzene rings is 1. The Morgan fingerprint density at radius 3 is 2.24 bits per heavy atom. The molecular weight excluding hydrogens is 320 g/mol. The minimum absolute atomic E-state index is 0.0329. The molecule has 0 fully saturated rings. The molecule has 0 heterocycles. The molecule has 0 unspecified atom stereocenters. The standard InChI is InChI=1S/C19H30N2O4/c1-15-8-6-9-16(2)19(15)25-14-17(22)21(12-7-11-20(3)4)13-10-18(23)24-5/h6,8-9H,7,10-14H2,1-5H3. The van der Waals surface area contributed by atoms with E-state index in [1.165, 1.54) is 7.11 Å². The predicted molar refractivity (Wildman–Crippen MR) is 97.8 cm³/mol. The van der Waals surface area contributed by atoms with Gasteiger partial charge in [-0.1, -0.05) is 18.2 Å². The maximum Gasteiger partial charge on any atom is 0.307 e. The average Bonchev–Trinajstić information content (AvgIpc) is 2.56. The first-order chi connectivity index (χ1) is 11.8. The summed E-state index contributed by atoms with van der Waals surface area (Å²) in [5.74, 6) is 0.309. The van der Waals surface area contributed by atoms with Gasteiger partial charge in [-0.3, -0.25) is 9.59 Å². The van der Waals surface area contributed by atoms with E-state index in [2.05, 4.69) is 9.64 Å². The largest absolute Gasteiger partial charge is 0.483 e. The molecular formula is C19H30N2O4. The summed E-state index contributed by atoms with van der Waals surface area (Å²) in [7, 11) is 5.33. The molecule has 1 amide bonds. The van der Waals surface area contributed by atoms with Gasteiger partial charge >= 0.3 is 5.97 Å². The SMILES string of the molecule is COC(=O)CCN(CCCN(C)C)C(=O)COc1c(C)cccc1C. The fourth-order valence-corrected chi connectivity index (χ4v) is 2.52. The zero-order chi connectivity index (χ0) is 18.8. The third-order valence-electron chi connectivity index (χ3n) is 3.95. The summed E-state index contributed by atoms with van der Waals surface area (Å²) in [6.45, 7) is 5.69. The molecule has 0 N–H and O–H groups in total. The van der Waals surface area contributed by atoms with E-state index in [0.717, 1.165) is 29.8 Å². The van der Waals surface area contributed by atoms with Crippen molar-refractivity contribution in [2.45, 2.75) is 26.7 Å². The van der Waals surface area contributed by atoms with E-state index in [1.54, 1.807) is 4.90 Å². The van der Waals surface area contributed by atoms with Crippen molar-refractivity contribution in [2.24, 2.45) is 0 Å². The Kier molecular flexibility index (Phi) is 8.99. The molecule has 6 nitrogen and oxygen atoms in total. The second-order valence-electron chi connectivity index (χ2n) is 6.37. The summed E-state index contributed by atoms with van der Waals surface area (Å²) < 4.78 is 10.4. The molecule has 0 saturated carbocycles. The molecule has 140 valence electrons. The topological polar surface area (TPSA) is 59.1 Å². The highest BCUT2D eigenvalue weighted by atomic mass is 16.5. The Balaban J connectivity index is 2.64. The van der Waals surface area contributed by atoms with Crippen LogP contribution in [-0.4, -0.2) is 69.1 Å². The van der Waals surface area contributed by atoms with Crippen LogP contribution in [0.2, 0.25) is 0 Å². The normalized spacial score (nSPS) is 10.6. The van der Waals surface area contributed by atoms with Crippen molar-refractivity contribution in [1.29, 1.82) is 0 Å². The molecule has 0 bridgehead atoms. The summed E-state index contributed by atoms with van der Waals surface area (Å²) in [5.41, 5.74) is 2.00. The Bertz CT molecular complexity index is 552. The summed E-state index contributed by atoms with van der Waals surface area (Å²) in [6.07, 6.45) is 1.02. The number of methoxy groups -OCH3 is 1. The van der Waals surface area contributed by atoms with Gasteiger partial charge in [-0.2, -0.15) is 0 Å². The van der Waals surface area contributed by atoms with E-state index >= 15 is 0 Å². The van der Waals surface area contributed by atoms with E-state index in [1.807, 2.05) is 46.1 Å². The van der Waals surface area contributed by atoms with Gasteiger partial charge in [0.1, 0.15) is 5.75 Å². The monoisotopic (exact) mass is 350 g/mol. The van der Waals surface area contributed by atoms with E-state index in [4.69, 9.17) is 4.74 Å². The molecule has 1 aromatic carbocycles. The van der Waals surface area contributed by atoms with Gasteiger partial charge in [-0.15, -0.1) is 0 Å². The minimum atomic E-state index is -0.318. The van der Waals surface area contributed by atoms with Crippen molar-refractivity contribution in [1.82, 2.24) is 9.80 Å². The van der Waals surface area contributed by atoms with Gasteiger partial charge in [-0.25, -0.2) is 0 Å². The summed E-state index contributed by atoms with van der Waals surface area (Å²) >= 11 is 0. The number of amides is 1. The van der Waals surface area contributed by atoms with Crippen molar-refractivity contribution in [3.63, 3.8) is 0 Å². The molecule has 0 aliphatic heterocycles. The van der Waals surface area contributed by atoms with Crippen LogP contribution in [-0.2, 0) is 14.3 Å². The Morgan fingerprint density at radius 1 is 1.04 bits per heavy atom. The lowest BCUT2D eigenvalue weighted by molar-refractivity contribution is -0.142. The molecule has 6 heteroatoms. The molecule has 1 rings (SSSR count). The number of rotatable bonds is 10. The number of ether oxygens (including phenoxy) is 2. The van der Waals surface area contributed by atoms with Crippen LogP contribution in [0.5, 0.6) is 5.75 Å². The lowest BCUT2D eigenvalue weighted by atomic mass is 10.1. The summed E-state index contributed by atoms with van der Waals surface area (Å²) in [5, 5.41) is 0. The van der Waals surface area contributed by atoms with E-state index in [-0.39, 0.29) is 24.9 Å². The van der Waals surface area contributed by atoms with Gasteiger partial charge in [0.15, 0.2) is 6.61 Å². The van der Waals surface area contributed by atoms with Crippen molar-refractivity contribution < 1.29 is 19.1 Å². The first-order valence-corrected chi connectivity index (χ1v) is 8.53. The molecule has 0 atom stereocenters. The van der Waals surface area contributed by atoms with Crippen LogP contribution in [0, 0.1) is 13.8 Å². The van der Waals surface area contributed by atoms with Crippen LogP contribution < -0.4 is 4.74 Å². The molecule has 25 heavy (non-hydrogen) atoms. The zero-order valence-electron chi connectivity index (χ0n) is 16.0. The Morgan fingerprint density at radius 2 is 1.68 bits per heavy atom. The first-order valence-electron chi connectivity index (χ1n) is 8.53. The average molecular weight is 350 g/mol.